The second kappa shape index (κ2) is 4.36. The highest BCUT2D eigenvalue weighted by Crippen LogP contribution is 2.42. The first-order chi connectivity index (χ1) is 8.66. The highest BCUT2D eigenvalue weighted by molar-refractivity contribution is 6.00. The standard InChI is InChI=1S/C17H25NO/c1-11(18-19)14-9-12(16(2,3)4)10-15-13(14)7-8-17(15,5)6/h9-10,19H,7-8H2,1-6H3/b18-11-. The molecule has 2 rings (SSSR count). The Hall–Kier alpha value is -1.31. The minimum absolute atomic E-state index is 0.109. The van der Waals surface area contributed by atoms with E-state index in [4.69, 9.17) is 5.21 Å². The molecule has 0 unspecified atom stereocenters. The predicted molar refractivity (Wildman–Crippen MR) is 80.5 cm³/mol. The Morgan fingerprint density at radius 1 is 1.26 bits per heavy atom. The van der Waals surface area contributed by atoms with E-state index in [0.717, 1.165) is 17.7 Å². The van der Waals surface area contributed by atoms with Crippen LogP contribution in [0.25, 0.3) is 0 Å². The molecule has 1 aromatic carbocycles. The number of hydrogen-bond donors (Lipinski definition) is 1. The minimum Gasteiger partial charge on any atom is -0.411 e. The Bertz CT molecular complexity index is 533. The number of rotatable bonds is 1. The number of benzene rings is 1. The molecule has 0 fully saturated rings. The predicted octanol–water partition coefficient (Wildman–Crippen LogP) is 4.41. The largest absolute Gasteiger partial charge is 0.411 e. The molecule has 104 valence electrons. The van der Waals surface area contributed by atoms with E-state index in [2.05, 4.69) is 51.9 Å². The first-order valence-electron chi connectivity index (χ1n) is 7.04. The van der Waals surface area contributed by atoms with Gasteiger partial charge in [-0.25, -0.2) is 0 Å². The average Bonchev–Trinajstić information content (AvgIpc) is 2.62. The summed E-state index contributed by atoms with van der Waals surface area (Å²) in [5.74, 6) is 0. The lowest BCUT2D eigenvalue weighted by atomic mass is 9.79. The monoisotopic (exact) mass is 259 g/mol. The van der Waals surface area contributed by atoms with Crippen LogP contribution in [0.4, 0.5) is 0 Å². The van der Waals surface area contributed by atoms with E-state index in [-0.39, 0.29) is 10.8 Å². The molecule has 0 bridgehead atoms. The average molecular weight is 259 g/mol. The third-order valence-electron chi connectivity index (χ3n) is 4.38. The molecule has 0 radical (unpaired) electrons. The van der Waals surface area contributed by atoms with Crippen molar-refractivity contribution in [2.24, 2.45) is 5.16 Å². The second-order valence-electron chi connectivity index (χ2n) is 7.37. The Kier molecular flexibility index (Phi) is 3.24. The van der Waals surface area contributed by atoms with Crippen molar-refractivity contribution in [3.63, 3.8) is 0 Å². The molecule has 0 aromatic heterocycles. The molecule has 2 nitrogen and oxygen atoms in total. The van der Waals surface area contributed by atoms with Crippen molar-refractivity contribution >= 4 is 5.71 Å². The maximum atomic E-state index is 9.13. The number of fused-ring (bicyclic) bond motifs is 1. The molecule has 0 saturated heterocycles. The topological polar surface area (TPSA) is 32.6 Å². The van der Waals surface area contributed by atoms with Gasteiger partial charge in [0.1, 0.15) is 0 Å². The molecule has 0 amide bonds. The van der Waals surface area contributed by atoms with Gasteiger partial charge >= 0.3 is 0 Å². The summed E-state index contributed by atoms with van der Waals surface area (Å²) in [4.78, 5) is 0. The van der Waals surface area contributed by atoms with Gasteiger partial charge in [0.25, 0.3) is 0 Å². The fraction of sp³-hybridized carbons (Fsp3) is 0.588. The first-order valence-corrected chi connectivity index (χ1v) is 7.04. The highest BCUT2D eigenvalue weighted by Gasteiger charge is 2.33. The lowest BCUT2D eigenvalue weighted by molar-refractivity contribution is 0.319. The normalized spacial score (nSPS) is 18.5. The van der Waals surface area contributed by atoms with Crippen LogP contribution in [-0.4, -0.2) is 10.9 Å². The van der Waals surface area contributed by atoms with Crippen molar-refractivity contribution in [1.29, 1.82) is 0 Å². The molecule has 0 atom stereocenters. The summed E-state index contributed by atoms with van der Waals surface area (Å²) in [6, 6.07) is 4.56. The van der Waals surface area contributed by atoms with E-state index in [9.17, 15) is 0 Å². The SMILES string of the molecule is C/C(=N/O)c1cc(C(C)(C)C)cc2c1CCC2(C)C. The van der Waals surface area contributed by atoms with Gasteiger partial charge in [0.15, 0.2) is 0 Å². The van der Waals surface area contributed by atoms with Gasteiger partial charge in [0.2, 0.25) is 0 Å². The summed E-state index contributed by atoms with van der Waals surface area (Å²) in [5, 5.41) is 12.6. The molecule has 2 heteroatoms. The van der Waals surface area contributed by atoms with E-state index >= 15 is 0 Å². The molecule has 1 aliphatic carbocycles. The van der Waals surface area contributed by atoms with Gasteiger partial charge in [0.05, 0.1) is 5.71 Å². The van der Waals surface area contributed by atoms with Crippen molar-refractivity contribution in [2.45, 2.75) is 65.2 Å². The quantitative estimate of drug-likeness (QED) is 0.452. The first kappa shape index (κ1) is 14.1. The van der Waals surface area contributed by atoms with E-state index < -0.39 is 0 Å². The summed E-state index contributed by atoms with van der Waals surface area (Å²) in [6.45, 7) is 13.2. The summed E-state index contributed by atoms with van der Waals surface area (Å²) < 4.78 is 0. The van der Waals surface area contributed by atoms with Crippen LogP contribution in [0.5, 0.6) is 0 Å². The van der Waals surface area contributed by atoms with Crippen LogP contribution in [0.1, 0.15) is 70.2 Å². The fourth-order valence-corrected chi connectivity index (χ4v) is 2.93. The minimum atomic E-state index is 0.109. The maximum Gasteiger partial charge on any atom is 0.0839 e. The van der Waals surface area contributed by atoms with Crippen LogP contribution >= 0.6 is 0 Å². The zero-order chi connectivity index (χ0) is 14.4. The Morgan fingerprint density at radius 2 is 1.89 bits per heavy atom. The van der Waals surface area contributed by atoms with Crippen LogP contribution in [-0.2, 0) is 17.3 Å². The molecular weight excluding hydrogens is 234 g/mol. The molecule has 1 aromatic rings. The van der Waals surface area contributed by atoms with Crippen LogP contribution in [0.3, 0.4) is 0 Å². The summed E-state index contributed by atoms with van der Waals surface area (Å²) in [5.41, 5.74) is 6.29. The zero-order valence-corrected chi connectivity index (χ0v) is 13.0. The zero-order valence-electron chi connectivity index (χ0n) is 13.0. The summed E-state index contributed by atoms with van der Waals surface area (Å²) in [7, 11) is 0. The third-order valence-corrected chi connectivity index (χ3v) is 4.38. The molecule has 0 heterocycles. The smallest absolute Gasteiger partial charge is 0.0839 e. The van der Waals surface area contributed by atoms with Crippen molar-refractivity contribution in [3.8, 4) is 0 Å². The van der Waals surface area contributed by atoms with Crippen molar-refractivity contribution < 1.29 is 5.21 Å². The van der Waals surface area contributed by atoms with Gasteiger partial charge in [-0.15, -0.1) is 0 Å². The van der Waals surface area contributed by atoms with Gasteiger partial charge in [0, 0.05) is 5.56 Å². The third kappa shape index (κ3) is 2.41. The number of nitrogens with zero attached hydrogens (tertiary/aromatic N) is 1. The lowest BCUT2D eigenvalue weighted by Crippen LogP contribution is -2.17. The fourth-order valence-electron chi connectivity index (χ4n) is 2.93. The van der Waals surface area contributed by atoms with E-state index in [0.29, 0.717) is 0 Å². The molecule has 0 saturated carbocycles. The Balaban J connectivity index is 2.73. The van der Waals surface area contributed by atoms with Gasteiger partial charge in [-0.2, -0.15) is 0 Å². The van der Waals surface area contributed by atoms with Crippen LogP contribution < -0.4 is 0 Å². The van der Waals surface area contributed by atoms with Gasteiger partial charge in [-0.1, -0.05) is 45.8 Å². The summed E-state index contributed by atoms with van der Waals surface area (Å²) in [6.07, 6.45) is 2.25. The van der Waals surface area contributed by atoms with Crippen LogP contribution in [0, 0.1) is 0 Å². The lowest BCUT2D eigenvalue weighted by Gasteiger charge is -2.26. The van der Waals surface area contributed by atoms with Crippen molar-refractivity contribution in [2.75, 3.05) is 0 Å². The van der Waals surface area contributed by atoms with E-state index in [1.807, 2.05) is 6.92 Å². The maximum absolute atomic E-state index is 9.13. The Labute approximate surface area is 116 Å². The van der Waals surface area contributed by atoms with Crippen LogP contribution in [0.15, 0.2) is 17.3 Å². The second-order valence-corrected chi connectivity index (χ2v) is 7.37. The highest BCUT2D eigenvalue weighted by atomic mass is 16.4. The molecule has 1 aliphatic rings. The van der Waals surface area contributed by atoms with Gasteiger partial charge in [-0.3, -0.25) is 0 Å². The number of hydrogen-bond acceptors (Lipinski definition) is 2. The molecule has 0 aliphatic heterocycles. The van der Waals surface area contributed by atoms with Crippen molar-refractivity contribution in [1.82, 2.24) is 0 Å². The molecular formula is C17H25NO. The molecule has 0 spiro atoms. The summed E-state index contributed by atoms with van der Waals surface area (Å²) >= 11 is 0. The van der Waals surface area contributed by atoms with E-state index in [1.165, 1.54) is 23.1 Å². The number of oxime groups is 1. The Morgan fingerprint density at radius 3 is 2.42 bits per heavy atom. The molecule has 1 N–H and O–H groups in total. The van der Waals surface area contributed by atoms with E-state index in [1.54, 1.807) is 0 Å². The van der Waals surface area contributed by atoms with Gasteiger partial charge in [-0.05, 0) is 53.4 Å². The van der Waals surface area contributed by atoms with Crippen molar-refractivity contribution in [3.05, 3.63) is 34.4 Å². The van der Waals surface area contributed by atoms with Crippen LogP contribution in [0.2, 0.25) is 0 Å². The van der Waals surface area contributed by atoms with Gasteiger partial charge < -0.3 is 5.21 Å². The molecule has 19 heavy (non-hydrogen) atoms.